The van der Waals surface area contributed by atoms with Crippen molar-refractivity contribution < 1.29 is 4.74 Å². The average Bonchev–Trinajstić information content (AvgIpc) is 2.90. The van der Waals surface area contributed by atoms with E-state index in [4.69, 9.17) is 4.74 Å². The van der Waals surface area contributed by atoms with Gasteiger partial charge in [0.25, 0.3) is 0 Å². The van der Waals surface area contributed by atoms with Crippen LogP contribution in [0.25, 0.3) is 0 Å². The normalized spacial score (nSPS) is 28.4. The van der Waals surface area contributed by atoms with Crippen molar-refractivity contribution in [3.63, 3.8) is 0 Å². The molecule has 2 aliphatic rings. The van der Waals surface area contributed by atoms with Crippen LogP contribution in [-0.4, -0.2) is 50.3 Å². The Kier molecular flexibility index (Phi) is 7.32. The molecule has 1 saturated heterocycles. The number of hydrogen-bond acceptors (Lipinski definition) is 3. The van der Waals surface area contributed by atoms with Crippen LogP contribution in [-0.2, 0) is 4.74 Å². The van der Waals surface area contributed by atoms with Crippen LogP contribution in [0.5, 0.6) is 0 Å². The summed E-state index contributed by atoms with van der Waals surface area (Å²) in [6.45, 7) is 11.2. The predicted octanol–water partition coefficient (Wildman–Crippen LogP) is 2.90. The van der Waals surface area contributed by atoms with Crippen molar-refractivity contribution in [2.75, 3.05) is 39.4 Å². The molecule has 0 unspecified atom stereocenters. The highest BCUT2D eigenvalue weighted by atomic mass is 16.5. The first-order valence-corrected chi connectivity index (χ1v) is 8.79. The average molecular weight is 282 g/mol. The van der Waals surface area contributed by atoms with Crippen LogP contribution in [0, 0.1) is 11.8 Å². The van der Waals surface area contributed by atoms with Crippen molar-refractivity contribution >= 4 is 0 Å². The quantitative estimate of drug-likeness (QED) is 0.693. The Morgan fingerprint density at radius 2 is 2.00 bits per heavy atom. The number of hydrogen-bond donors (Lipinski definition) is 1. The summed E-state index contributed by atoms with van der Waals surface area (Å²) in [4.78, 5) is 2.54. The zero-order chi connectivity index (χ0) is 14.2. The van der Waals surface area contributed by atoms with Gasteiger partial charge in [0.1, 0.15) is 0 Å². The first kappa shape index (κ1) is 16.3. The third-order valence-corrected chi connectivity index (χ3v) is 4.94. The molecule has 1 saturated carbocycles. The number of ether oxygens (including phenoxy) is 1. The molecular weight excluding hydrogens is 248 g/mol. The van der Waals surface area contributed by atoms with Crippen LogP contribution in [0.3, 0.4) is 0 Å². The van der Waals surface area contributed by atoms with E-state index >= 15 is 0 Å². The van der Waals surface area contributed by atoms with Crippen molar-refractivity contribution in [1.29, 1.82) is 0 Å². The summed E-state index contributed by atoms with van der Waals surface area (Å²) in [5.74, 6) is 1.80. The Morgan fingerprint density at radius 1 is 1.20 bits per heavy atom. The van der Waals surface area contributed by atoms with Gasteiger partial charge in [0.15, 0.2) is 0 Å². The molecule has 0 aromatic carbocycles. The molecule has 0 radical (unpaired) electrons. The Morgan fingerprint density at radius 3 is 2.75 bits per heavy atom. The van der Waals surface area contributed by atoms with E-state index in [1.54, 1.807) is 0 Å². The number of nitrogens with one attached hydrogen (secondary N) is 1. The van der Waals surface area contributed by atoms with Gasteiger partial charge in [0, 0.05) is 19.1 Å². The second kappa shape index (κ2) is 9.01. The molecule has 1 heterocycles. The molecule has 2 rings (SSSR count). The van der Waals surface area contributed by atoms with Crippen LogP contribution in [0.4, 0.5) is 0 Å². The molecule has 0 amide bonds. The Balaban J connectivity index is 1.55. The lowest BCUT2D eigenvalue weighted by Crippen LogP contribution is -2.39. The van der Waals surface area contributed by atoms with E-state index in [-0.39, 0.29) is 0 Å². The van der Waals surface area contributed by atoms with Crippen LogP contribution in [0.1, 0.15) is 52.4 Å². The van der Waals surface area contributed by atoms with Gasteiger partial charge in [0.2, 0.25) is 0 Å². The molecule has 118 valence electrons. The number of rotatable bonds is 8. The Labute approximate surface area is 125 Å². The topological polar surface area (TPSA) is 24.5 Å². The summed E-state index contributed by atoms with van der Waals surface area (Å²) < 4.78 is 5.39. The molecule has 1 N–H and O–H groups in total. The van der Waals surface area contributed by atoms with Crippen molar-refractivity contribution in [1.82, 2.24) is 10.2 Å². The molecule has 0 spiro atoms. The van der Waals surface area contributed by atoms with Gasteiger partial charge in [-0.25, -0.2) is 0 Å². The van der Waals surface area contributed by atoms with Gasteiger partial charge in [-0.1, -0.05) is 26.7 Å². The van der Waals surface area contributed by atoms with E-state index in [2.05, 4.69) is 24.1 Å². The van der Waals surface area contributed by atoms with Gasteiger partial charge in [-0.05, 0) is 50.6 Å². The summed E-state index contributed by atoms with van der Waals surface area (Å²) in [6, 6.07) is 0.804. The standard InChI is InChI=1S/C17H34N2O/c1-15(2)7-8-16-5-3-6-17(16)18-9-4-10-19-11-13-20-14-12-19/h15-18H,3-14H2,1-2H3/t16-,17-/m1/s1. The summed E-state index contributed by atoms with van der Waals surface area (Å²) in [5, 5.41) is 3.84. The van der Waals surface area contributed by atoms with Crippen LogP contribution >= 0.6 is 0 Å². The van der Waals surface area contributed by atoms with Crippen molar-refractivity contribution in [2.45, 2.75) is 58.4 Å². The summed E-state index contributed by atoms with van der Waals surface area (Å²) in [7, 11) is 0. The smallest absolute Gasteiger partial charge is 0.0594 e. The molecular formula is C17H34N2O. The largest absolute Gasteiger partial charge is 0.379 e. The molecule has 3 nitrogen and oxygen atoms in total. The maximum Gasteiger partial charge on any atom is 0.0594 e. The fraction of sp³-hybridized carbons (Fsp3) is 1.00. The minimum absolute atomic E-state index is 0.804. The first-order valence-electron chi connectivity index (χ1n) is 8.79. The van der Waals surface area contributed by atoms with Crippen LogP contribution in [0.2, 0.25) is 0 Å². The minimum Gasteiger partial charge on any atom is -0.379 e. The van der Waals surface area contributed by atoms with E-state index in [0.29, 0.717) is 0 Å². The van der Waals surface area contributed by atoms with Crippen molar-refractivity contribution in [3.8, 4) is 0 Å². The fourth-order valence-electron chi connectivity index (χ4n) is 3.61. The number of morpholine rings is 1. The Bertz CT molecular complexity index is 251. The van der Waals surface area contributed by atoms with E-state index in [9.17, 15) is 0 Å². The lowest BCUT2D eigenvalue weighted by Gasteiger charge is -2.27. The lowest BCUT2D eigenvalue weighted by atomic mass is 9.93. The molecule has 1 aliphatic carbocycles. The highest BCUT2D eigenvalue weighted by Crippen LogP contribution is 2.30. The van der Waals surface area contributed by atoms with Gasteiger partial charge >= 0.3 is 0 Å². The molecule has 0 bridgehead atoms. The molecule has 3 heteroatoms. The van der Waals surface area contributed by atoms with Gasteiger partial charge in [-0.15, -0.1) is 0 Å². The molecule has 0 aromatic heterocycles. The molecule has 20 heavy (non-hydrogen) atoms. The fourth-order valence-corrected chi connectivity index (χ4v) is 3.61. The SMILES string of the molecule is CC(C)CC[C@H]1CCC[C@H]1NCCCN1CCOCC1. The molecule has 1 aliphatic heterocycles. The highest BCUT2D eigenvalue weighted by Gasteiger charge is 2.26. The molecule has 2 fully saturated rings. The molecule has 2 atom stereocenters. The monoisotopic (exact) mass is 282 g/mol. The predicted molar refractivity (Wildman–Crippen MR) is 85.1 cm³/mol. The van der Waals surface area contributed by atoms with Crippen molar-refractivity contribution in [3.05, 3.63) is 0 Å². The van der Waals surface area contributed by atoms with Gasteiger partial charge < -0.3 is 10.1 Å². The Hall–Kier alpha value is -0.120. The second-order valence-electron chi connectivity index (χ2n) is 7.03. The van der Waals surface area contributed by atoms with E-state index in [1.807, 2.05) is 0 Å². The minimum atomic E-state index is 0.804. The third kappa shape index (κ3) is 5.71. The van der Waals surface area contributed by atoms with Crippen LogP contribution in [0.15, 0.2) is 0 Å². The maximum atomic E-state index is 5.39. The zero-order valence-electron chi connectivity index (χ0n) is 13.6. The van der Waals surface area contributed by atoms with Crippen LogP contribution < -0.4 is 5.32 Å². The van der Waals surface area contributed by atoms with E-state index < -0.39 is 0 Å². The zero-order valence-corrected chi connectivity index (χ0v) is 13.6. The lowest BCUT2D eigenvalue weighted by molar-refractivity contribution is 0.0373. The second-order valence-corrected chi connectivity index (χ2v) is 7.03. The van der Waals surface area contributed by atoms with E-state index in [1.165, 1.54) is 51.6 Å². The van der Waals surface area contributed by atoms with Gasteiger partial charge in [-0.2, -0.15) is 0 Å². The third-order valence-electron chi connectivity index (χ3n) is 4.94. The maximum absolute atomic E-state index is 5.39. The summed E-state index contributed by atoms with van der Waals surface area (Å²) >= 11 is 0. The summed E-state index contributed by atoms with van der Waals surface area (Å²) in [5.41, 5.74) is 0. The number of nitrogens with zero attached hydrogens (tertiary/aromatic N) is 1. The first-order chi connectivity index (χ1) is 9.75. The van der Waals surface area contributed by atoms with Crippen molar-refractivity contribution in [2.24, 2.45) is 11.8 Å². The van der Waals surface area contributed by atoms with E-state index in [0.717, 1.165) is 44.2 Å². The summed E-state index contributed by atoms with van der Waals surface area (Å²) in [6.07, 6.45) is 8.40. The highest BCUT2D eigenvalue weighted by molar-refractivity contribution is 4.83. The van der Waals surface area contributed by atoms with Gasteiger partial charge in [-0.3, -0.25) is 4.90 Å². The van der Waals surface area contributed by atoms with Gasteiger partial charge in [0.05, 0.1) is 13.2 Å². The molecule has 0 aromatic rings.